The van der Waals surface area contributed by atoms with Gasteiger partial charge < -0.3 is 69.9 Å². The summed E-state index contributed by atoms with van der Waals surface area (Å²) in [4.78, 5) is 108. The molecule has 91 heavy (non-hydrogen) atoms. The van der Waals surface area contributed by atoms with E-state index in [1.54, 1.807) is 75.4 Å². The molecule has 0 saturated carbocycles. The van der Waals surface area contributed by atoms with Crippen molar-refractivity contribution in [3.63, 3.8) is 0 Å². The first-order valence-electron chi connectivity index (χ1n) is 31.4. The molecule has 2 saturated heterocycles. The molecule has 494 valence electrons. The number of carbonyl (C=O) groups excluding carboxylic acids is 8. The number of nitrogens with one attached hydrogen (secondary N) is 2. The minimum Gasteiger partial charge on any atom is -0.457 e. The van der Waals surface area contributed by atoms with Gasteiger partial charge in [-0.1, -0.05) is 125 Å². The molecule has 0 radical (unpaired) electrons. The number of methoxy groups -OCH3 is 1. The minimum atomic E-state index is -1.29. The van der Waals surface area contributed by atoms with Crippen molar-refractivity contribution in [3.8, 4) is 11.1 Å². The largest absolute Gasteiger partial charge is 0.457 e. The highest BCUT2D eigenvalue weighted by Gasteiger charge is 2.47. The van der Waals surface area contributed by atoms with Gasteiger partial charge in [-0.25, -0.2) is 14.4 Å². The van der Waals surface area contributed by atoms with E-state index in [9.17, 15) is 53.7 Å². The third-order valence-electron chi connectivity index (χ3n) is 17.8. The molecule has 3 heterocycles. The molecular formula is C69H91N5O17. The number of aliphatic hydroxyl groups excluding tert-OH is 2. The molecule has 3 aliphatic heterocycles. The Labute approximate surface area is 532 Å². The number of fused-ring (bicyclic) bond motifs is 3. The highest BCUT2D eigenvalue weighted by atomic mass is 16.6. The van der Waals surface area contributed by atoms with Crippen LogP contribution in [0.1, 0.15) is 129 Å². The third kappa shape index (κ3) is 19.6. The molecule has 4 aliphatic rings. The molecule has 5 amide bonds. The number of aliphatic hydroxyl groups is 3. The van der Waals surface area contributed by atoms with Gasteiger partial charge in [0, 0.05) is 76.2 Å². The van der Waals surface area contributed by atoms with Gasteiger partial charge in [-0.2, -0.15) is 0 Å². The fourth-order valence-electron chi connectivity index (χ4n) is 11.8. The summed E-state index contributed by atoms with van der Waals surface area (Å²) in [6.45, 7) is 14.4. The number of epoxide rings is 1. The Morgan fingerprint density at radius 2 is 1.47 bits per heavy atom. The first kappa shape index (κ1) is 70.7. The maximum absolute atomic E-state index is 13.9. The number of allylic oxidation sites excluding steroid dienone is 2. The van der Waals surface area contributed by atoms with Gasteiger partial charge in [-0.15, -0.1) is 0 Å². The van der Waals surface area contributed by atoms with Gasteiger partial charge in [-0.3, -0.25) is 24.0 Å². The Balaban J connectivity index is 0.854. The van der Waals surface area contributed by atoms with E-state index in [2.05, 4.69) is 10.6 Å². The van der Waals surface area contributed by atoms with E-state index in [0.29, 0.717) is 29.5 Å². The number of carbonyl (C=O) groups is 8. The Kier molecular flexibility index (Phi) is 24.9. The van der Waals surface area contributed by atoms with Crippen LogP contribution in [0.2, 0.25) is 0 Å². The summed E-state index contributed by atoms with van der Waals surface area (Å²) in [6.07, 6.45) is 2.93. The number of nitrogens with two attached hydrogens (primary N) is 1. The number of cyclic esters (lactones) is 1. The molecule has 3 aromatic rings. The average Bonchev–Trinajstić information content (AvgIpc) is 1.64. The average molecular weight is 1260 g/mol. The number of amides is 5. The molecule has 0 bridgehead atoms. The number of ether oxygens (including phenoxy) is 6. The molecule has 7 rings (SSSR count). The number of hydrogen-bond donors (Lipinski definition) is 6. The first-order chi connectivity index (χ1) is 43.2. The van der Waals surface area contributed by atoms with Crippen molar-refractivity contribution in [1.29, 1.82) is 0 Å². The Hall–Kier alpha value is -7.76. The van der Waals surface area contributed by atoms with Crippen molar-refractivity contribution in [3.05, 3.63) is 131 Å². The van der Waals surface area contributed by atoms with Crippen LogP contribution in [0.3, 0.4) is 0 Å². The number of Topliss-reactive ketones (excluding diaryl/α,β-unsaturated/α-hetero) is 2. The summed E-state index contributed by atoms with van der Waals surface area (Å²) < 4.78 is 35.1. The smallest absolute Gasteiger partial charge is 0.410 e. The summed E-state index contributed by atoms with van der Waals surface area (Å²) >= 11 is 0. The van der Waals surface area contributed by atoms with E-state index in [4.69, 9.17) is 34.2 Å². The number of benzene rings is 3. The van der Waals surface area contributed by atoms with Crippen LogP contribution in [0.25, 0.3) is 11.1 Å². The minimum absolute atomic E-state index is 0.0535. The fraction of sp³-hybridized carbons (Fsp3) is 0.536. The number of nitrogens with zero attached hydrogens (tertiary/aromatic N) is 2. The molecule has 7 N–H and O–H groups in total. The predicted octanol–water partition coefficient (Wildman–Crippen LogP) is 7.31. The fourth-order valence-corrected chi connectivity index (χ4v) is 11.8. The van der Waals surface area contributed by atoms with Crippen molar-refractivity contribution in [2.75, 3.05) is 39.9 Å². The SMILES string of the molecule is CC[C@H](O)[C@@H](C)[C@H]1O[C@@H]1C[C@@](C)(O)/C=C/C=C(\C)[C@H]1OC(=O)C[C@H](O)CC[C@@](C)(OC)[C@@H](OC(=O)N2CCN(C(=O)OCc3ccc(CC(=O)[C@H](CC(N)=O)NC(=O)[C@H](C)CC(=O)[C@H](C)NC(=O)OCC4c5ccccc5-c5ccccc54)cc3)CC2)/C=C/[C@@H]1C. The van der Waals surface area contributed by atoms with Crippen molar-refractivity contribution in [2.24, 2.45) is 23.5 Å². The van der Waals surface area contributed by atoms with Crippen LogP contribution < -0.4 is 16.4 Å². The second kappa shape index (κ2) is 32.0. The molecule has 22 nitrogen and oxygen atoms in total. The Morgan fingerprint density at radius 1 is 0.857 bits per heavy atom. The van der Waals surface area contributed by atoms with Gasteiger partial charge in [0.2, 0.25) is 11.8 Å². The quantitative estimate of drug-likeness (QED) is 0.0159. The number of esters is 1. The standard InChI is InChI=1S/C69H91N5O17/c1-10-55(76)44(5)63-58(89-63)38-68(7,85)28-15-16-41(2)62-42(3)21-26-59(69(8,86-9)29-27-48(75)36-61(80)91-62)90-67(84)74-32-30-73(31-33-74)66(83)88-39-47-24-22-46(23-25-47)35-57(78)54(37-60(70)79)72-64(81)43(4)34-56(77)45(6)71-65(82)87-40-53-51-19-13-11-17-49(51)50-18-12-14-20-52(50)53/h11-26,28,42-45,48,53-55,58-59,62-63,75-76,85H,10,27,29-40H2,1-9H3,(H2,70,79)(H,71,82)(H,72,81)/b26-21+,28-15+,41-16+/t42-,43+,44+,45-,48+,54-,55-,58+,59-,62+,63+,68-,69+/m0/s1. The zero-order chi connectivity index (χ0) is 66.3. The number of rotatable bonds is 25. The van der Waals surface area contributed by atoms with E-state index in [1.165, 1.54) is 30.8 Å². The van der Waals surface area contributed by atoms with Gasteiger partial charge in [0.25, 0.3) is 0 Å². The van der Waals surface area contributed by atoms with E-state index in [0.717, 1.165) is 22.3 Å². The molecule has 2 fully saturated rings. The van der Waals surface area contributed by atoms with E-state index < -0.39 is 114 Å². The van der Waals surface area contributed by atoms with E-state index in [1.807, 2.05) is 69.3 Å². The lowest BCUT2D eigenvalue weighted by Crippen LogP contribution is -2.53. The normalized spacial score (nSPS) is 24.7. The maximum atomic E-state index is 13.9. The van der Waals surface area contributed by atoms with Crippen molar-refractivity contribution >= 4 is 47.6 Å². The van der Waals surface area contributed by atoms with Crippen LogP contribution in [0, 0.1) is 17.8 Å². The molecule has 3 aromatic carbocycles. The summed E-state index contributed by atoms with van der Waals surface area (Å²) in [6, 6.07) is 20.2. The van der Waals surface area contributed by atoms with E-state index >= 15 is 0 Å². The van der Waals surface area contributed by atoms with Gasteiger partial charge in [0.15, 0.2) is 17.7 Å². The van der Waals surface area contributed by atoms with Crippen LogP contribution >= 0.6 is 0 Å². The maximum Gasteiger partial charge on any atom is 0.410 e. The number of primary amides is 1. The van der Waals surface area contributed by atoms with Crippen LogP contribution in [0.4, 0.5) is 14.4 Å². The van der Waals surface area contributed by atoms with Gasteiger partial charge >= 0.3 is 24.2 Å². The molecule has 0 unspecified atom stereocenters. The van der Waals surface area contributed by atoms with Crippen molar-refractivity contribution in [1.82, 2.24) is 20.4 Å². The summed E-state index contributed by atoms with van der Waals surface area (Å²) in [5.74, 6) is -4.67. The number of alkyl carbamates (subject to hydrolysis) is 1. The molecule has 0 aromatic heterocycles. The Bertz CT molecular complexity index is 3110. The lowest BCUT2D eigenvalue weighted by atomic mass is 9.88. The van der Waals surface area contributed by atoms with Crippen LogP contribution in [0.5, 0.6) is 0 Å². The molecule has 0 spiro atoms. The number of ketones is 2. The lowest BCUT2D eigenvalue weighted by molar-refractivity contribution is -0.151. The van der Waals surface area contributed by atoms with Crippen molar-refractivity contribution in [2.45, 2.75) is 179 Å². The molecule has 1 aliphatic carbocycles. The van der Waals surface area contributed by atoms with Crippen molar-refractivity contribution < 1.29 is 82.1 Å². The lowest BCUT2D eigenvalue weighted by Gasteiger charge is -2.38. The predicted molar refractivity (Wildman–Crippen MR) is 337 cm³/mol. The van der Waals surface area contributed by atoms with Crippen LogP contribution in [-0.4, -0.2) is 173 Å². The summed E-state index contributed by atoms with van der Waals surface area (Å²) in [5.41, 5.74) is 9.14. The second-order valence-corrected chi connectivity index (χ2v) is 25.2. The monoisotopic (exact) mass is 1260 g/mol. The molecule has 22 heteroatoms. The number of hydrogen-bond acceptors (Lipinski definition) is 17. The Morgan fingerprint density at radius 3 is 2.09 bits per heavy atom. The van der Waals surface area contributed by atoms with Crippen LogP contribution in [0.15, 0.2) is 109 Å². The first-order valence-corrected chi connectivity index (χ1v) is 31.4. The topological polar surface area (TPSA) is 312 Å². The van der Waals surface area contributed by atoms with Gasteiger partial charge in [-0.05, 0) is 92.0 Å². The highest BCUT2D eigenvalue weighted by molar-refractivity contribution is 5.96. The summed E-state index contributed by atoms with van der Waals surface area (Å²) in [7, 11) is 1.48. The van der Waals surface area contributed by atoms with Gasteiger partial charge in [0.05, 0.1) is 54.9 Å². The van der Waals surface area contributed by atoms with E-state index in [-0.39, 0.29) is 95.5 Å². The summed E-state index contributed by atoms with van der Waals surface area (Å²) in [5, 5.41) is 37.6. The van der Waals surface area contributed by atoms with Gasteiger partial charge in [0.1, 0.15) is 24.9 Å². The second-order valence-electron chi connectivity index (χ2n) is 25.2. The van der Waals surface area contributed by atoms with Crippen LogP contribution in [-0.2, 0) is 65.4 Å². The number of piperazine rings is 1. The third-order valence-corrected chi connectivity index (χ3v) is 17.8. The zero-order valence-corrected chi connectivity index (χ0v) is 53.7. The molecular weight excluding hydrogens is 1170 g/mol. The zero-order valence-electron chi connectivity index (χ0n) is 53.7. The molecule has 13 atom stereocenters. The highest BCUT2D eigenvalue weighted by Crippen LogP contribution is 2.45.